The Kier molecular flexibility index (Phi) is 5.16. The number of para-hydroxylation sites is 1. The van der Waals surface area contributed by atoms with E-state index in [4.69, 9.17) is 32.4 Å². The van der Waals surface area contributed by atoms with Gasteiger partial charge in [0.2, 0.25) is 5.76 Å². The van der Waals surface area contributed by atoms with E-state index in [-0.39, 0.29) is 23.6 Å². The molecule has 0 fully saturated rings. The van der Waals surface area contributed by atoms with E-state index in [1.54, 1.807) is 54.5 Å². The maximum absolute atomic E-state index is 13.5. The molecule has 1 aliphatic heterocycles. The molecule has 0 radical (unpaired) electrons. The number of nitrogens with zero attached hydrogens (tertiary/aromatic N) is 1. The number of ether oxygens (including phenoxy) is 1. The van der Waals surface area contributed by atoms with Crippen molar-refractivity contribution in [2.24, 2.45) is 0 Å². The minimum atomic E-state index is -0.657. The molecule has 0 saturated heterocycles. The minimum Gasteiger partial charge on any atom is -0.497 e. The summed E-state index contributed by atoms with van der Waals surface area (Å²) in [6.07, 6.45) is 0. The molecule has 5 rings (SSSR count). The quantitative estimate of drug-likeness (QED) is 0.379. The summed E-state index contributed by atoms with van der Waals surface area (Å²) in [6.45, 7) is 0.272. The second-order valence-corrected chi connectivity index (χ2v) is 8.34. The molecule has 1 amide bonds. The maximum atomic E-state index is 13.5. The molecular formula is C25H17Cl2NO4. The summed E-state index contributed by atoms with van der Waals surface area (Å²) in [7, 11) is 1.60. The summed E-state index contributed by atoms with van der Waals surface area (Å²) < 4.78 is 11.2. The van der Waals surface area contributed by atoms with Crippen LogP contribution in [-0.4, -0.2) is 17.9 Å². The van der Waals surface area contributed by atoms with Crippen molar-refractivity contribution >= 4 is 40.1 Å². The molecule has 0 spiro atoms. The van der Waals surface area contributed by atoms with Crippen LogP contribution in [0.2, 0.25) is 10.0 Å². The normalized spacial score (nSPS) is 15.3. The standard InChI is InChI=1S/C25H17Cl2NO4/c1-31-16-9-6-14(7-10-16)13-28-22(15-8-11-18(26)19(27)12-15)21-23(29)17-4-2-3-5-20(17)32-24(21)25(28)30/h2-12,22H,13H2,1H3. The Labute approximate surface area is 193 Å². The average molecular weight is 466 g/mol. The number of methoxy groups -OCH3 is 1. The molecule has 7 heteroatoms. The van der Waals surface area contributed by atoms with Gasteiger partial charge in [-0.1, -0.05) is 53.5 Å². The largest absolute Gasteiger partial charge is 0.497 e. The third-order valence-corrected chi connectivity index (χ3v) is 6.38. The van der Waals surface area contributed by atoms with Crippen LogP contribution in [0.1, 0.15) is 33.3 Å². The topological polar surface area (TPSA) is 59.8 Å². The third-order valence-electron chi connectivity index (χ3n) is 5.64. The van der Waals surface area contributed by atoms with E-state index in [1.807, 2.05) is 24.3 Å². The van der Waals surface area contributed by atoms with Crippen molar-refractivity contribution in [1.82, 2.24) is 4.90 Å². The van der Waals surface area contributed by atoms with Crippen LogP contribution in [0.4, 0.5) is 0 Å². The summed E-state index contributed by atoms with van der Waals surface area (Å²) in [5, 5.41) is 1.17. The monoisotopic (exact) mass is 465 g/mol. The van der Waals surface area contributed by atoms with E-state index < -0.39 is 6.04 Å². The Morgan fingerprint density at radius 3 is 2.44 bits per heavy atom. The van der Waals surface area contributed by atoms with Crippen molar-refractivity contribution in [1.29, 1.82) is 0 Å². The number of hydrogen-bond donors (Lipinski definition) is 0. The Bertz CT molecular complexity index is 1410. The number of benzene rings is 3. The van der Waals surface area contributed by atoms with Gasteiger partial charge in [0.1, 0.15) is 11.3 Å². The highest BCUT2D eigenvalue weighted by Crippen LogP contribution is 2.40. The van der Waals surface area contributed by atoms with Gasteiger partial charge in [0, 0.05) is 6.54 Å². The molecule has 0 aliphatic carbocycles. The number of carbonyl (C=O) groups is 1. The first-order valence-corrected chi connectivity index (χ1v) is 10.7. The highest BCUT2D eigenvalue weighted by atomic mass is 35.5. The number of amides is 1. The number of carbonyl (C=O) groups excluding carboxylic acids is 1. The molecule has 4 aromatic rings. The zero-order valence-electron chi connectivity index (χ0n) is 17.0. The summed E-state index contributed by atoms with van der Waals surface area (Å²) in [5.41, 5.74) is 2.02. The van der Waals surface area contributed by atoms with Gasteiger partial charge >= 0.3 is 0 Å². The van der Waals surface area contributed by atoms with E-state index in [0.29, 0.717) is 37.9 Å². The summed E-state index contributed by atoms with van der Waals surface area (Å²) in [4.78, 5) is 28.6. The van der Waals surface area contributed by atoms with Crippen LogP contribution in [0.25, 0.3) is 11.0 Å². The van der Waals surface area contributed by atoms with Gasteiger partial charge in [-0.3, -0.25) is 9.59 Å². The molecule has 3 aromatic carbocycles. The highest BCUT2D eigenvalue weighted by Gasteiger charge is 2.42. The molecule has 0 N–H and O–H groups in total. The van der Waals surface area contributed by atoms with Crippen molar-refractivity contribution in [3.63, 3.8) is 0 Å². The van der Waals surface area contributed by atoms with Crippen molar-refractivity contribution < 1.29 is 13.9 Å². The third kappa shape index (κ3) is 3.34. The van der Waals surface area contributed by atoms with Crippen LogP contribution < -0.4 is 10.2 Å². The SMILES string of the molecule is COc1ccc(CN2C(=O)c3oc4ccccc4c(=O)c3C2c2ccc(Cl)c(Cl)c2)cc1. The molecular weight excluding hydrogens is 449 g/mol. The molecule has 1 aromatic heterocycles. The number of rotatable bonds is 4. The van der Waals surface area contributed by atoms with Gasteiger partial charge in [0.05, 0.1) is 34.1 Å². The van der Waals surface area contributed by atoms with Crippen LogP contribution >= 0.6 is 23.2 Å². The lowest BCUT2D eigenvalue weighted by Crippen LogP contribution is -2.29. The molecule has 2 heterocycles. The minimum absolute atomic E-state index is 0.0540. The first-order chi connectivity index (χ1) is 15.5. The Hall–Kier alpha value is -3.28. The van der Waals surface area contributed by atoms with E-state index in [0.717, 1.165) is 5.56 Å². The zero-order chi connectivity index (χ0) is 22.4. The predicted octanol–water partition coefficient (Wildman–Crippen LogP) is 5.85. The van der Waals surface area contributed by atoms with Gasteiger partial charge in [-0.15, -0.1) is 0 Å². The Balaban J connectivity index is 1.69. The number of halogens is 2. The Morgan fingerprint density at radius 1 is 0.969 bits per heavy atom. The fourth-order valence-corrected chi connectivity index (χ4v) is 4.39. The van der Waals surface area contributed by atoms with Crippen molar-refractivity contribution in [2.75, 3.05) is 7.11 Å². The predicted molar refractivity (Wildman–Crippen MR) is 124 cm³/mol. The van der Waals surface area contributed by atoms with E-state index in [2.05, 4.69) is 0 Å². The van der Waals surface area contributed by atoms with Gasteiger partial charge < -0.3 is 14.1 Å². The second-order valence-electron chi connectivity index (χ2n) is 7.53. The fraction of sp³-hybridized carbons (Fsp3) is 0.120. The maximum Gasteiger partial charge on any atom is 0.291 e. The lowest BCUT2D eigenvalue weighted by atomic mass is 9.98. The average Bonchev–Trinajstić information content (AvgIpc) is 3.08. The van der Waals surface area contributed by atoms with Crippen LogP contribution in [0.15, 0.2) is 75.9 Å². The first kappa shape index (κ1) is 20.6. The van der Waals surface area contributed by atoms with E-state index in [1.165, 1.54) is 0 Å². The summed E-state index contributed by atoms with van der Waals surface area (Å²) in [5.74, 6) is 0.418. The number of hydrogen-bond acceptors (Lipinski definition) is 4. The molecule has 0 bridgehead atoms. The lowest BCUT2D eigenvalue weighted by Gasteiger charge is -2.25. The second kappa shape index (κ2) is 8.01. The molecule has 5 nitrogen and oxygen atoms in total. The smallest absolute Gasteiger partial charge is 0.291 e. The summed E-state index contributed by atoms with van der Waals surface area (Å²) >= 11 is 12.4. The first-order valence-electron chi connectivity index (χ1n) is 9.92. The molecule has 1 aliphatic rings. The van der Waals surface area contributed by atoms with Crippen molar-refractivity contribution in [2.45, 2.75) is 12.6 Å². The molecule has 160 valence electrons. The van der Waals surface area contributed by atoms with Crippen molar-refractivity contribution in [3.05, 3.63) is 109 Å². The van der Waals surface area contributed by atoms with E-state index in [9.17, 15) is 9.59 Å². The van der Waals surface area contributed by atoms with Crippen molar-refractivity contribution in [3.8, 4) is 5.75 Å². The van der Waals surface area contributed by atoms with Gasteiger partial charge in [-0.25, -0.2) is 0 Å². The highest BCUT2D eigenvalue weighted by molar-refractivity contribution is 6.42. The zero-order valence-corrected chi connectivity index (χ0v) is 18.5. The van der Waals surface area contributed by atoms with E-state index >= 15 is 0 Å². The van der Waals surface area contributed by atoms with Crippen LogP contribution in [0, 0.1) is 0 Å². The van der Waals surface area contributed by atoms with Gasteiger partial charge in [-0.2, -0.15) is 0 Å². The Morgan fingerprint density at radius 2 is 1.72 bits per heavy atom. The molecule has 1 atom stereocenters. The van der Waals surface area contributed by atoms with Crippen LogP contribution in [-0.2, 0) is 6.54 Å². The number of fused-ring (bicyclic) bond motifs is 2. The van der Waals surface area contributed by atoms with Crippen LogP contribution in [0.5, 0.6) is 5.75 Å². The van der Waals surface area contributed by atoms with Gasteiger partial charge in [-0.05, 0) is 47.5 Å². The lowest BCUT2D eigenvalue weighted by molar-refractivity contribution is 0.0714. The fourth-order valence-electron chi connectivity index (χ4n) is 4.09. The van der Waals surface area contributed by atoms with Crippen LogP contribution in [0.3, 0.4) is 0 Å². The molecule has 0 saturated carbocycles. The summed E-state index contributed by atoms with van der Waals surface area (Å²) in [6, 6.07) is 18.8. The molecule has 32 heavy (non-hydrogen) atoms. The van der Waals surface area contributed by atoms with Gasteiger partial charge in [0.15, 0.2) is 5.43 Å². The molecule has 1 unspecified atom stereocenters. The van der Waals surface area contributed by atoms with Gasteiger partial charge in [0.25, 0.3) is 5.91 Å².